The van der Waals surface area contributed by atoms with Gasteiger partial charge in [-0.05, 0) is 18.4 Å². The third-order valence-corrected chi connectivity index (χ3v) is 4.17. The Hall–Kier alpha value is -1.06. The molecule has 0 fully saturated rings. The lowest BCUT2D eigenvalue weighted by Crippen LogP contribution is -2.38. The fourth-order valence-electron chi connectivity index (χ4n) is 2.67. The van der Waals surface area contributed by atoms with Crippen molar-refractivity contribution < 1.29 is 9.47 Å². The molecular weight excluding hydrogens is 250 g/mol. The highest BCUT2D eigenvalue weighted by molar-refractivity contribution is 5.38. The molecule has 0 aromatic heterocycles. The largest absolute Gasteiger partial charge is 0.490 e. The summed E-state index contributed by atoms with van der Waals surface area (Å²) in [6.07, 6.45) is 4.90. The second kappa shape index (κ2) is 7.65. The number of nitrogens with two attached hydrogens (primary N) is 1. The van der Waals surface area contributed by atoms with Crippen molar-refractivity contribution in [3.63, 3.8) is 0 Å². The van der Waals surface area contributed by atoms with Gasteiger partial charge < -0.3 is 15.2 Å². The minimum atomic E-state index is -0.0800. The first-order valence-corrected chi connectivity index (χ1v) is 7.85. The van der Waals surface area contributed by atoms with Gasteiger partial charge in [-0.3, -0.25) is 0 Å². The minimum absolute atomic E-state index is 0.0272. The van der Waals surface area contributed by atoms with Crippen molar-refractivity contribution in [2.45, 2.75) is 51.7 Å². The van der Waals surface area contributed by atoms with Gasteiger partial charge in [-0.15, -0.1) is 0 Å². The van der Waals surface area contributed by atoms with Crippen LogP contribution in [0.25, 0.3) is 0 Å². The Labute approximate surface area is 122 Å². The fraction of sp³-hybridized carbons (Fsp3) is 0.647. The van der Waals surface area contributed by atoms with Gasteiger partial charge in [0, 0.05) is 5.56 Å². The van der Waals surface area contributed by atoms with E-state index in [-0.39, 0.29) is 12.1 Å². The molecule has 1 aliphatic heterocycles. The highest BCUT2D eigenvalue weighted by Gasteiger charge is 2.28. The molecule has 0 saturated carbocycles. The van der Waals surface area contributed by atoms with Crippen LogP contribution in [0, 0.1) is 5.92 Å². The molecule has 1 aromatic carbocycles. The molecular formula is C17H27NO2. The highest BCUT2D eigenvalue weighted by atomic mass is 16.5. The van der Waals surface area contributed by atoms with E-state index in [4.69, 9.17) is 15.2 Å². The van der Waals surface area contributed by atoms with Gasteiger partial charge in [0.2, 0.25) is 0 Å². The summed E-state index contributed by atoms with van der Waals surface area (Å²) in [5.41, 5.74) is 7.37. The number of hydrogen-bond acceptors (Lipinski definition) is 3. The minimum Gasteiger partial charge on any atom is -0.490 e. The molecule has 3 nitrogen and oxygen atoms in total. The molecule has 0 saturated heterocycles. The molecule has 0 bridgehead atoms. The Bertz CT molecular complexity index is 408. The lowest BCUT2D eigenvalue weighted by molar-refractivity contribution is -0.0243. The molecule has 3 unspecified atom stereocenters. The van der Waals surface area contributed by atoms with E-state index in [1.54, 1.807) is 0 Å². The van der Waals surface area contributed by atoms with Crippen molar-refractivity contribution in [1.29, 1.82) is 0 Å². The van der Waals surface area contributed by atoms with E-state index in [0.29, 0.717) is 12.5 Å². The van der Waals surface area contributed by atoms with Crippen LogP contribution in [0.15, 0.2) is 24.3 Å². The van der Waals surface area contributed by atoms with Gasteiger partial charge in [0.25, 0.3) is 0 Å². The standard InChI is InChI=1S/C17H27NO2/c1-3-5-8-13(4-2)11-19-16-12-20-15-10-7-6-9-14(15)17(16)18/h6-7,9-10,13,16-17H,3-5,8,11-12,18H2,1-2H3. The van der Waals surface area contributed by atoms with Crippen molar-refractivity contribution in [3.8, 4) is 5.75 Å². The molecule has 2 rings (SSSR count). The number of ether oxygens (including phenoxy) is 2. The Morgan fingerprint density at radius 2 is 2.15 bits per heavy atom. The van der Waals surface area contributed by atoms with Crippen LogP contribution in [0.2, 0.25) is 0 Å². The van der Waals surface area contributed by atoms with Gasteiger partial charge >= 0.3 is 0 Å². The van der Waals surface area contributed by atoms with Crippen LogP contribution in [0.4, 0.5) is 0 Å². The average Bonchev–Trinajstić information content (AvgIpc) is 2.49. The molecule has 1 aromatic rings. The molecule has 1 heterocycles. The third-order valence-electron chi connectivity index (χ3n) is 4.17. The predicted molar refractivity (Wildman–Crippen MR) is 81.9 cm³/mol. The van der Waals surface area contributed by atoms with E-state index in [2.05, 4.69) is 13.8 Å². The van der Waals surface area contributed by atoms with E-state index in [0.717, 1.165) is 17.9 Å². The number of unbranched alkanes of at least 4 members (excludes halogenated alkanes) is 1. The second-order valence-corrected chi connectivity index (χ2v) is 5.66. The Balaban J connectivity index is 1.88. The van der Waals surface area contributed by atoms with Crippen LogP contribution >= 0.6 is 0 Å². The molecule has 112 valence electrons. The summed E-state index contributed by atoms with van der Waals surface area (Å²) in [5.74, 6) is 1.54. The van der Waals surface area contributed by atoms with E-state index >= 15 is 0 Å². The maximum absolute atomic E-state index is 6.31. The number of rotatable bonds is 7. The van der Waals surface area contributed by atoms with Crippen LogP contribution in [0.3, 0.4) is 0 Å². The van der Waals surface area contributed by atoms with Crippen molar-refractivity contribution in [2.24, 2.45) is 11.7 Å². The first-order chi connectivity index (χ1) is 9.76. The zero-order chi connectivity index (χ0) is 14.4. The lowest BCUT2D eigenvalue weighted by Gasteiger charge is -2.32. The van der Waals surface area contributed by atoms with Crippen LogP contribution < -0.4 is 10.5 Å². The van der Waals surface area contributed by atoms with E-state index in [9.17, 15) is 0 Å². The Morgan fingerprint density at radius 1 is 1.35 bits per heavy atom. The van der Waals surface area contributed by atoms with Crippen molar-refractivity contribution in [2.75, 3.05) is 13.2 Å². The van der Waals surface area contributed by atoms with Crippen LogP contribution in [0.1, 0.15) is 51.1 Å². The Kier molecular flexibility index (Phi) is 5.86. The van der Waals surface area contributed by atoms with E-state index in [1.165, 1.54) is 25.7 Å². The van der Waals surface area contributed by atoms with E-state index in [1.807, 2.05) is 24.3 Å². The molecule has 0 amide bonds. The first-order valence-electron chi connectivity index (χ1n) is 7.85. The number of fused-ring (bicyclic) bond motifs is 1. The van der Waals surface area contributed by atoms with E-state index < -0.39 is 0 Å². The summed E-state index contributed by atoms with van der Waals surface area (Å²) in [7, 11) is 0. The molecule has 0 spiro atoms. The number of hydrogen-bond donors (Lipinski definition) is 1. The zero-order valence-corrected chi connectivity index (χ0v) is 12.7. The SMILES string of the molecule is CCCCC(CC)COC1COc2ccccc2C1N. The number of benzene rings is 1. The molecule has 3 heteroatoms. The zero-order valence-electron chi connectivity index (χ0n) is 12.7. The van der Waals surface area contributed by atoms with Crippen molar-refractivity contribution >= 4 is 0 Å². The summed E-state index contributed by atoms with van der Waals surface area (Å²) >= 11 is 0. The second-order valence-electron chi connectivity index (χ2n) is 5.66. The fourth-order valence-corrected chi connectivity index (χ4v) is 2.67. The summed E-state index contributed by atoms with van der Waals surface area (Å²) in [5, 5.41) is 0. The predicted octanol–water partition coefficient (Wildman–Crippen LogP) is 3.68. The summed E-state index contributed by atoms with van der Waals surface area (Å²) in [4.78, 5) is 0. The average molecular weight is 277 g/mol. The molecule has 0 radical (unpaired) electrons. The van der Waals surface area contributed by atoms with Gasteiger partial charge in [-0.25, -0.2) is 0 Å². The quantitative estimate of drug-likeness (QED) is 0.827. The van der Waals surface area contributed by atoms with Gasteiger partial charge in [-0.1, -0.05) is 51.3 Å². The van der Waals surface area contributed by atoms with Crippen molar-refractivity contribution in [1.82, 2.24) is 0 Å². The maximum Gasteiger partial charge on any atom is 0.124 e. The summed E-state index contributed by atoms with van der Waals surface area (Å²) in [6, 6.07) is 7.90. The smallest absolute Gasteiger partial charge is 0.124 e. The Morgan fingerprint density at radius 3 is 2.90 bits per heavy atom. The van der Waals surface area contributed by atoms with Crippen LogP contribution in [-0.2, 0) is 4.74 Å². The molecule has 0 aliphatic carbocycles. The summed E-state index contributed by atoms with van der Waals surface area (Å²) in [6.45, 7) is 5.81. The van der Waals surface area contributed by atoms with Crippen LogP contribution in [0.5, 0.6) is 5.75 Å². The number of para-hydroxylation sites is 1. The molecule has 20 heavy (non-hydrogen) atoms. The topological polar surface area (TPSA) is 44.5 Å². The van der Waals surface area contributed by atoms with Gasteiger partial charge in [0.05, 0.1) is 12.6 Å². The monoisotopic (exact) mass is 277 g/mol. The third kappa shape index (κ3) is 3.74. The van der Waals surface area contributed by atoms with Crippen molar-refractivity contribution in [3.05, 3.63) is 29.8 Å². The molecule has 1 aliphatic rings. The van der Waals surface area contributed by atoms with Crippen LogP contribution in [-0.4, -0.2) is 19.3 Å². The summed E-state index contributed by atoms with van der Waals surface area (Å²) < 4.78 is 11.8. The highest BCUT2D eigenvalue weighted by Crippen LogP contribution is 2.31. The molecule has 2 N–H and O–H groups in total. The first kappa shape index (κ1) is 15.3. The molecule has 3 atom stereocenters. The van der Waals surface area contributed by atoms with Gasteiger partial charge in [-0.2, -0.15) is 0 Å². The maximum atomic E-state index is 6.31. The lowest BCUT2D eigenvalue weighted by atomic mass is 9.98. The van der Waals surface area contributed by atoms with Gasteiger partial charge in [0.15, 0.2) is 0 Å². The van der Waals surface area contributed by atoms with Gasteiger partial charge in [0.1, 0.15) is 18.5 Å². The normalized spacial score (nSPS) is 22.9.